The summed E-state index contributed by atoms with van der Waals surface area (Å²) in [6.07, 6.45) is 0. The fourth-order valence-corrected chi connectivity index (χ4v) is 2.87. The molecule has 5 heteroatoms. The lowest BCUT2D eigenvalue weighted by molar-refractivity contribution is 0.0950. The monoisotopic (exact) mass is 362 g/mol. The summed E-state index contributed by atoms with van der Waals surface area (Å²) in [6, 6.07) is 22.8. The molecule has 0 aliphatic carbocycles. The summed E-state index contributed by atoms with van der Waals surface area (Å²) in [5.41, 5.74) is 2.16. The fraction of sp³-hybridized carbons (Fsp3) is 0.0476. The normalized spacial score (nSPS) is 10.8. The van der Waals surface area contributed by atoms with Crippen LogP contribution in [0, 0.1) is 0 Å². The highest BCUT2D eigenvalue weighted by molar-refractivity contribution is 6.30. The van der Waals surface area contributed by atoms with E-state index in [0.717, 1.165) is 10.9 Å². The van der Waals surface area contributed by atoms with E-state index in [-0.39, 0.29) is 5.91 Å². The average molecular weight is 363 g/mol. The van der Waals surface area contributed by atoms with Crippen molar-refractivity contribution < 1.29 is 9.32 Å². The average Bonchev–Trinajstić information content (AvgIpc) is 3.15. The number of fused-ring (bicyclic) bond motifs is 1. The van der Waals surface area contributed by atoms with Gasteiger partial charge in [0.1, 0.15) is 5.69 Å². The predicted octanol–water partition coefficient (Wildman–Crippen LogP) is 5.08. The number of hydrogen-bond acceptors (Lipinski definition) is 3. The molecule has 1 N–H and O–H groups in total. The number of nitrogens with one attached hydrogen (secondary N) is 1. The van der Waals surface area contributed by atoms with Crippen LogP contribution < -0.4 is 5.32 Å². The molecule has 1 amide bonds. The Labute approximate surface area is 155 Å². The predicted molar refractivity (Wildman–Crippen MR) is 102 cm³/mol. The minimum atomic E-state index is -0.183. The standard InChI is InChI=1S/C21H15ClN2O2/c22-18-9-7-15(8-10-18)21(25)23-13-19-12-20(26-24-19)17-6-5-14-3-1-2-4-16(14)11-17/h1-12H,13H2,(H,23,25). The maximum absolute atomic E-state index is 12.1. The molecule has 0 unspecified atom stereocenters. The Morgan fingerprint density at radius 1 is 0.962 bits per heavy atom. The van der Waals surface area contributed by atoms with E-state index >= 15 is 0 Å². The van der Waals surface area contributed by atoms with Crippen molar-refractivity contribution in [2.24, 2.45) is 0 Å². The zero-order valence-corrected chi connectivity index (χ0v) is 14.5. The lowest BCUT2D eigenvalue weighted by Crippen LogP contribution is -2.22. The molecular formula is C21H15ClN2O2. The molecule has 0 saturated heterocycles. The molecule has 0 bridgehead atoms. The van der Waals surface area contributed by atoms with E-state index in [2.05, 4.69) is 34.7 Å². The van der Waals surface area contributed by atoms with Gasteiger partial charge in [-0.1, -0.05) is 53.2 Å². The Kier molecular flexibility index (Phi) is 4.42. The number of amides is 1. The number of nitrogens with zero attached hydrogens (tertiary/aromatic N) is 1. The van der Waals surface area contributed by atoms with Crippen LogP contribution in [-0.4, -0.2) is 11.1 Å². The first-order valence-corrected chi connectivity index (χ1v) is 8.55. The summed E-state index contributed by atoms with van der Waals surface area (Å²) >= 11 is 5.83. The van der Waals surface area contributed by atoms with E-state index in [0.29, 0.717) is 28.6 Å². The minimum absolute atomic E-state index is 0.183. The lowest BCUT2D eigenvalue weighted by Gasteiger charge is -2.02. The second kappa shape index (κ2) is 7.02. The van der Waals surface area contributed by atoms with Crippen LogP contribution in [0.3, 0.4) is 0 Å². The van der Waals surface area contributed by atoms with E-state index in [4.69, 9.17) is 16.1 Å². The molecule has 0 saturated carbocycles. The largest absolute Gasteiger partial charge is 0.356 e. The van der Waals surface area contributed by atoms with Crippen LogP contribution in [-0.2, 0) is 6.54 Å². The molecule has 4 rings (SSSR count). The van der Waals surface area contributed by atoms with Crippen LogP contribution in [0.5, 0.6) is 0 Å². The minimum Gasteiger partial charge on any atom is -0.356 e. The highest BCUT2D eigenvalue weighted by Gasteiger charge is 2.10. The van der Waals surface area contributed by atoms with Gasteiger partial charge in [-0.3, -0.25) is 4.79 Å². The maximum Gasteiger partial charge on any atom is 0.251 e. The summed E-state index contributed by atoms with van der Waals surface area (Å²) in [5.74, 6) is 0.489. The van der Waals surface area contributed by atoms with Crippen LogP contribution in [0.25, 0.3) is 22.1 Å². The zero-order chi connectivity index (χ0) is 17.9. The number of rotatable bonds is 4. The Balaban J connectivity index is 1.47. The molecule has 0 spiro atoms. The molecule has 0 aliphatic heterocycles. The SMILES string of the molecule is O=C(NCc1cc(-c2ccc3ccccc3c2)on1)c1ccc(Cl)cc1. The second-order valence-corrected chi connectivity index (χ2v) is 6.37. The van der Waals surface area contributed by atoms with Crippen molar-refractivity contribution in [1.82, 2.24) is 10.5 Å². The molecule has 26 heavy (non-hydrogen) atoms. The highest BCUT2D eigenvalue weighted by atomic mass is 35.5. The van der Waals surface area contributed by atoms with Crippen LogP contribution in [0.4, 0.5) is 0 Å². The van der Waals surface area contributed by atoms with Crippen molar-refractivity contribution in [2.45, 2.75) is 6.54 Å². The first kappa shape index (κ1) is 16.4. The molecule has 4 nitrogen and oxygen atoms in total. The van der Waals surface area contributed by atoms with Gasteiger partial charge in [0.25, 0.3) is 5.91 Å². The van der Waals surface area contributed by atoms with Gasteiger partial charge in [-0.15, -0.1) is 0 Å². The van der Waals surface area contributed by atoms with Gasteiger partial charge in [-0.2, -0.15) is 0 Å². The highest BCUT2D eigenvalue weighted by Crippen LogP contribution is 2.25. The van der Waals surface area contributed by atoms with Crippen molar-refractivity contribution in [1.29, 1.82) is 0 Å². The van der Waals surface area contributed by atoms with Crippen molar-refractivity contribution >= 4 is 28.3 Å². The molecule has 0 atom stereocenters. The topological polar surface area (TPSA) is 55.1 Å². The number of aromatic nitrogens is 1. The van der Waals surface area contributed by atoms with Crippen LogP contribution in [0.1, 0.15) is 16.1 Å². The molecular weight excluding hydrogens is 348 g/mol. The molecule has 1 aromatic heterocycles. The number of benzene rings is 3. The molecule has 3 aromatic carbocycles. The van der Waals surface area contributed by atoms with E-state index < -0.39 is 0 Å². The number of hydrogen-bond donors (Lipinski definition) is 1. The third kappa shape index (κ3) is 3.46. The van der Waals surface area contributed by atoms with Crippen molar-refractivity contribution in [3.05, 3.63) is 89.1 Å². The van der Waals surface area contributed by atoms with Gasteiger partial charge in [0.15, 0.2) is 5.76 Å². The van der Waals surface area contributed by atoms with Crippen LogP contribution in [0.2, 0.25) is 5.02 Å². The van der Waals surface area contributed by atoms with Crippen molar-refractivity contribution in [3.63, 3.8) is 0 Å². The van der Waals surface area contributed by atoms with Gasteiger partial charge in [0, 0.05) is 22.2 Å². The van der Waals surface area contributed by atoms with Crippen LogP contribution >= 0.6 is 11.6 Å². The first-order valence-electron chi connectivity index (χ1n) is 8.17. The Morgan fingerprint density at radius 3 is 2.54 bits per heavy atom. The quantitative estimate of drug-likeness (QED) is 0.551. The second-order valence-electron chi connectivity index (χ2n) is 5.93. The molecule has 128 valence electrons. The van der Waals surface area contributed by atoms with Gasteiger partial charge in [-0.25, -0.2) is 0 Å². The number of carbonyl (C=O) groups excluding carboxylic acids is 1. The van der Waals surface area contributed by atoms with Gasteiger partial charge in [0.05, 0.1) is 6.54 Å². The zero-order valence-electron chi connectivity index (χ0n) is 13.8. The number of halogens is 1. The van der Waals surface area contributed by atoms with E-state index in [1.807, 2.05) is 24.3 Å². The van der Waals surface area contributed by atoms with Gasteiger partial charge < -0.3 is 9.84 Å². The van der Waals surface area contributed by atoms with Gasteiger partial charge in [0.2, 0.25) is 0 Å². The third-order valence-corrected chi connectivity index (χ3v) is 4.38. The Hall–Kier alpha value is -3.11. The lowest BCUT2D eigenvalue weighted by atomic mass is 10.1. The maximum atomic E-state index is 12.1. The molecule has 4 aromatic rings. The number of carbonyl (C=O) groups is 1. The third-order valence-electron chi connectivity index (χ3n) is 4.13. The molecule has 0 aliphatic rings. The smallest absolute Gasteiger partial charge is 0.251 e. The van der Waals surface area contributed by atoms with Gasteiger partial charge >= 0.3 is 0 Å². The van der Waals surface area contributed by atoms with Crippen molar-refractivity contribution in [2.75, 3.05) is 0 Å². The Morgan fingerprint density at radius 2 is 1.73 bits per heavy atom. The summed E-state index contributed by atoms with van der Waals surface area (Å²) in [7, 11) is 0. The summed E-state index contributed by atoms with van der Waals surface area (Å²) < 4.78 is 5.43. The van der Waals surface area contributed by atoms with E-state index in [9.17, 15) is 4.79 Å². The Bertz CT molecular complexity index is 1070. The first-order chi connectivity index (χ1) is 12.7. The van der Waals surface area contributed by atoms with E-state index in [1.165, 1.54) is 5.39 Å². The summed E-state index contributed by atoms with van der Waals surface area (Å²) in [5, 5.41) is 9.77. The summed E-state index contributed by atoms with van der Waals surface area (Å²) in [4.78, 5) is 12.1. The van der Waals surface area contributed by atoms with Crippen LogP contribution in [0.15, 0.2) is 77.3 Å². The van der Waals surface area contributed by atoms with Gasteiger partial charge in [-0.05, 0) is 41.1 Å². The molecule has 0 fully saturated rings. The van der Waals surface area contributed by atoms with E-state index in [1.54, 1.807) is 24.3 Å². The summed E-state index contributed by atoms with van der Waals surface area (Å²) in [6.45, 7) is 0.290. The fourth-order valence-electron chi connectivity index (χ4n) is 2.75. The van der Waals surface area contributed by atoms with Crippen molar-refractivity contribution in [3.8, 4) is 11.3 Å². The molecule has 1 heterocycles. The molecule has 0 radical (unpaired) electrons.